The summed E-state index contributed by atoms with van der Waals surface area (Å²) >= 11 is 0. The summed E-state index contributed by atoms with van der Waals surface area (Å²) < 4.78 is 22.7. The van der Waals surface area contributed by atoms with E-state index in [4.69, 9.17) is 0 Å². The number of nitrogens with one attached hydrogen (secondary N) is 1. The second kappa shape index (κ2) is 5.67. The van der Waals surface area contributed by atoms with Crippen molar-refractivity contribution < 1.29 is 8.42 Å². The third-order valence-electron chi connectivity index (χ3n) is 3.62. The number of sulfone groups is 1. The van der Waals surface area contributed by atoms with Gasteiger partial charge in [0.15, 0.2) is 0 Å². The molecular formula is C12H26N2O2S. The van der Waals surface area contributed by atoms with Gasteiger partial charge in [-0.25, -0.2) is 8.42 Å². The molecule has 0 amide bonds. The Balaban J connectivity index is 2.58. The lowest BCUT2D eigenvalue weighted by Gasteiger charge is -2.35. The minimum absolute atomic E-state index is 0.104. The maximum absolute atomic E-state index is 11.3. The Kier molecular flexibility index (Phi) is 4.98. The second-order valence-corrected chi connectivity index (χ2v) is 7.93. The SMILES string of the molecule is CCN(CC1(C)CCNC1)C(C)CS(C)(=O)=O. The summed E-state index contributed by atoms with van der Waals surface area (Å²) in [5.74, 6) is 0.254. The summed E-state index contributed by atoms with van der Waals surface area (Å²) in [4.78, 5) is 2.29. The van der Waals surface area contributed by atoms with E-state index in [9.17, 15) is 8.42 Å². The molecule has 0 bridgehead atoms. The zero-order chi connectivity index (χ0) is 13.1. The molecule has 0 saturated carbocycles. The smallest absolute Gasteiger partial charge is 0.148 e. The molecule has 0 aromatic carbocycles. The third kappa shape index (κ3) is 4.94. The van der Waals surface area contributed by atoms with Crippen LogP contribution in [-0.2, 0) is 9.84 Å². The minimum Gasteiger partial charge on any atom is -0.316 e. The molecule has 102 valence electrons. The topological polar surface area (TPSA) is 49.4 Å². The zero-order valence-corrected chi connectivity index (χ0v) is 12.3. The number of nitrogens with zero attached hydrogens (tertiary/aromatic N) is 1. The van der Waals surface area contributed by atoms with E-state index in [0.717, 1.165) is 26.2 Å². The zero-order valence-electron chi connectivity index (χ0n) is 11.5. The fourth-order valence-corrected chi connectivity index (χ4v) is 3.70. The van der Waals surface area contributed by atoms with Gasteiger partial charge in [0.1, 0.15) is 9.84 Å². The van der Waals surface area contributed by atoms with Crippen LogP contribution in [0.4, 0.5) is 0 Å². The van der Waals surface area contributed by atoms with Crippen molar-refractivity contribution in [2.24, 2.45) is 5.41 Å². The van der Waals surface area contributed by atoms with Crippen LogP contribution in [0.1, 0.15) is 27.2 Å². The molecule has 1 aliphatic rings. The van der Waals surface area contributed by atoms with Crippen molar-refractivity contribution in [2.75, 3.05) is 38.2 Å². The first-order valence-electron chi connectivity index (χ1n) is 6.38. The van der Waals surface area contributed by atoms with Gasteiger partial charge in [-0.15, -0.1) is 0 Å². The molecule has 1 rings (SSSR count). The van der Waals surface area contributed by atoms with Crippen molar-refractivity contribution in [3.05, 3.63) is 0 Å². The van der Waals surface area contributed by atoms with E-state index in [1.165, 1.54) is 12.7 Å². The molecular weight excluding hydrogens is 236 g/mol. The van der Waals surface area contributed by atoms with Crippen molar-refractivity contribution in [3.63, 3.8) is 0 Å². The van der Waals surface area contributed by atoms with Crippen molar-refractivity contribution >= 4 is 9.84 Å². The molecule has 1 aliphatic heterocycles. The van der Waals surface area contributed by atoms with Gasteiger partial charge in [-0.2, -0.15) is 0 Å². The van der Waals surface area contributed by atoms with Crippen molar-refractivity contribution in [1.29, 1.82) is 0 Å². The highest BCUT2D eigenvalue weighted by Crippen LogP contribution is 2.26. The highest BCUT2D eigenvalue weighted by Gasteiger charge is 2.32. The van der Waals surface area contributed by atoms with Crippen LogP contribution in [-0.4, -0.2) is 57.5 Å². The molecule has 5 heteroatoms. The molecule has 0 spiro atoms. The predicted molar refractivity (Wildman–Crippen MR) is 72.0 cm³/mol. The lowest BCUT2D eigenvalue weighted by Crippen LogP contribution is -2.44. The van der Waals surface area contributed by atoms with Gasteiger partial charge in [-0.3, -0.25) is 4.90 Å². The van der Waals surface area contributed by atoms with Gasteiger partial charge in [-0.05, 0) is 31.8 Å². The van der Waals surface area contributed by atoms with Gasteiger partial charge < -0.3 is 5.32 Å². The molecule has 2 atom stereocenters. The lowest BCUT2D eigenvalue weighted by atomic mass is 9.89. The lowest BCUT2D eigenvalue weighted by molar-refractivity contribution is 0.153. The van der Waals surface area contributed by atoms with Crippen LogP contribution in [0, 0.1) is 5.41 Å². The molecule has 1 fully saturated rings. The van der Waals surface area contributed by atoms with E-state index in [0.29, 0.717) is 5.41 Å². The van der Waals surface area contributed by atoms with E-state index in [2.05, 4.69) is 24.1 Å². The van der Waals surface area contributed by atoms with Gasteiger partial charge in [0, 0.05) is 25.4 Å². The molecule has 2 unspecified atom stereocenters. The number of rotatable bonds is 6. The summed E-state index contributed by atoms with van der Waals surface area (Å²) in [5.41, 5.74) is 0.293. The van der Waals surface area contributed by atoms with Crippen LogP contribution < -0.4 is 5.32 Å². The van der Waals surface area contributed by atoms with Crippen LogP contribution in [0.15, 0.2) is 0 Å². The summed E-state index contributed by atoms with van der Waals surface area (Å²) in [6, 6.07) is 0.104. The fraction of sp³-hybridized carbons (Fsp3) is 1.00. The Morgan fingerprint density at radius 1 is 1.47 bits per heavy atom. The Morgan fingerprint density at radius 3 is 2.53 bits per heavy atom. The molecule has 0 aromatic heterocycles. The first-order chi connectivity index (χ1) is 7.76. The van der Waals surface area contributed by atoms with Gasteiger partial charge in [-0.1, -0.05) is 13.8 Å². The van der Waals surface area contributed by atoms with Crippen molar-refractivity contribution in [2.45, 2.75) is 33.2 Å². The third-order valence-corrected chi connectivity index (χ3v) is 4.70. The van der Waals surface area contributed by atoms with Gasteiger partial charge in [0.2, 0.25) is 0 Å². The molecule has 1 heterocycles. The van der Waals surface area contributed by atoms with Crippen LogP contribution in [0.2, 0.25) is 0 Å². The highest BCUT2D eigenvalue weighted by molar-refractivity contribution is 7.90. The van der Waals surface area contributed by atoms with Crippen LogP contribution in [0.5, 0.6) is 0 Å². The second-order valence-electron chi connectivity index (χ2n) is 5.74. The maximum Gasteiger partial charge on any atom is 0.148 e. The average Bonchev–Trinajstić information content (AvgIpc) is 2.59. The van der Waals surface area contributed by atoms with Gasteiger partial charge in [0.25, 0.3) is 0 Å². The first kappa shape index (κ1) is 14.9. The predicted octanol–water partition coefficient (Wildman–Crippen LogP) is 0.741. The number of hydrogen-bond acceptors (Lipinski definition) is 4. The molecule has 0 radical (unpaired) electrons. The van der Waals surface area contributed by atoms with Crippen molar-refractivity contribution in [1.82, 2.24) is 10.2 Å². The molecule has 4 nitrogen and oxygen atoms in total. The van der Waals surface area contributed by atoms with E-state index in [-0.39, 0.29) is 11.8 Å². The van der Waals surface area contributed by atoms with E-state index in [1.807, 2.05) is 6.92 Å². The molecule has 0 aliphatic carbocycles. The van der Waals surface area contributed by atoms with Gasteiger partial charge in [0.05, 0.1) is 5.75 Å². The van der Waals surface area contributed by atoms with Crippen molar-refractivity contribution in [3.8, 4) is 0 Å². The standard InChI is InChI=1S/C12H26N2O2S/c1-5-14(11(2)8-17(4,15)16)10-12(3)6-7-13-9-12/h11,13H,5-10H2,1-4H3. The van der Waals surface area contributed by atoms with Crippen LogP contribution in [0.25, 0.3) is 0 Å². The molecule has 1 N–H and O–H groups in total. The normalized spacial score (nSPS) is 27.6. The van der Waals surface area contributed by atoms with E-state index < -0.39 is 9.84 Å². The minimum atomic E-state index is -2.89. The Hall–Kier alpha value is -0.130. The molecule has 1 saturated heterocycles. The Bertz CT molecular complexity index is 334. The molecule has 17 heavy (non-hydrogen) atoms. The Labute approximate surface area is 106 Å². The number of hydrogen-bond donors (Lipinski definition) is 1. The summed E-state index contributed by atoms with van der Waals surface area (Å²) in [6.45, 7) is 10.4. The van der Waals surface area contributed by atoms with E-state index >= 15 is 0 Å². The average molecular weight is 262 g/mol. The quantitative estimate of drug-likeness (QED) is 0.767. The summed E-state index contributed by atoms with van der Waals surface area (Å²) in [6.07, 6.45) is 2.49. The maximum atomic E-state index is 11.3. The van der Waals surface area contributed by atoms with Crippen LogP contribution in [0.3, 0.4) is 0 Å². The highest BCUT2D eigenvalue weighted by atomic mass is 32.2. The van der Waals surface area contributed by atoms with Crippen LogP contribution >= 0.6 is 0 Å². The Morgan fingerprint density at radius 2 is 2.12 bits per heavy atom. The summed E-state index contributed by atoms with van der Waals surface area (Å²) in [7, 11) is -2.89. The first-order valence-corrected chi connectivity index (χ1v) is 8.44. The monoisotopic (exact) mass is 262 g/mol. The van der Waals surface area contributed by atoms with Gasteiger partial charge >= 0.3 is 0 Å². The van der Waals surface area contributed by atoms with E-state index in [1.54, 1.807) is 0 Å². The fourth-order valence-electron chi connectivity index (χ4n) is 2.62. The summed E-state index contributed by atoms with van der Waals surface area (Å²) in [5, 5.41) is 3.38. The molecule has 0 aromatic rings. The largest absolute Gasteiger partial charge is 0.316 e.